The lowest BCUT2D eigenvalue weighted by atomic mass is 10.1. The first kappa shape index (κ1) is 24.1. The lowest BCUT2D eigenvalue weighted by Gasteiger charge is -2.40. The van der Waals surface area contributed by atoms with Crippen LogP contribution >= 0.6 is 11.6 Å². The molecule has 34 heavy (non-hydrogen) atoms. The van der Waals surface area contributed by atoms with Gasteiger partial charge in [0.1, 0.15) is 18.0 Å². The smallest absolute Gasteiger partial charge is 0.410 e. The molecule has 3 heterocycles. The van der Waals surface area contributed by atoms with Crippen molar-refractivity contribution < 1.29 is 19.1 Å². The number of piperazine rings is 1. The largest absolute Gasteiger partial charge is 0.445 e. The van der Waals surface area contributed by atoms with E-state index in [0.29, 0.717) is 38.5 Å². The molecule has 1 saturated heterocycles. The molecule has 182 valence electrons. The van der Waals surface area contributed by atoms with Gasteiger partial charge in [-0.25, -0.2) is 19.6 Å². The highest BCUT2D eigenvalue weighted by Gasteiger charge is 2.35. The van der Waals surface area contributed by atoms with E-state index in [4.69, 9.17) is 21.1 Å². The molecule has 2 aromatic rings. The highest BCUT2D eigenvalue weighted by atomic mass is 35.5. The first-order chi connectivity index (χ1) is 16.1. The molecule has 0 aliphatic carbocycles. The van der Waals surface area contributed by atoms with Crippen molar-refractivity contribution in [2.45, 2.75) is 59.0 Å². The van der Waals surface area contributed by atoms with E-state index in [9.17, 15) is 9.59 Å². The zero-order chi connectivity index (χ0) is 24.5. The summed E-state index contributed by atoms with van der Waals surface area (Å²) in [4.78, 5) is 39.5. The maximum Gasteiger partial charge on any atom is 0.410 e. The van der Waals surface area contributed by atoms with Crippen molar-refractivity contribution in [2.24, 2.45) is 0 Å². The minimum atomic E-state index is -0.585. The van der Waals surface area contributed by atoms with Crippen LogP contribution in [0.15, 0.2) is 30.3 Å². The average molecular weight is 488 g/mol. The number of nitrogens with zero attached hydrogens (tertiary/aromatic N) is 5. The number of rotatable bonds is 3. The van der Waals surface area contributed by atoms with Crippen molar-refractivity contribution in [2.75, 3.05) is 24.5 Å². The summed E-state index contributed by atoms with van der Waals surface area (Å²) in [5, 5.41) is 0.136. The number of hydrogen-bond acceptors (Lipinski definition) is 7. The van der Waals surface area contributed by atoms with Gasteiger partial charge in [-0.3, -0.25) is 4.90 Å². The maximum atomic E-state index is 12.6. The predicted molar refractivity (Wildman–Crippen MR) is 128 cm³/mol. The van der Waals surface area contributed by atoms with Crippen molar-refractivity contribution in [3.63, 3.8) is 0 Å². The summed E-state index contributed by atoms with van der Waals surface area (Å²) in [6.45, 7) is 9.98. The Balaban J connectivity index is 1.42. The second kappa shape index (κ2) is 9.66. The molecular weight excluding hydrogens is 458 g/mol. The van der Waals surface area contributed by atoms with Crippen LogP contribution in [0.1, 0.15) is 44.5 Å². The zero-order valence-electron chi connectivity index (χ0n) is 20.0. The van der Waals surface area contributed by atoms with Crippen molar-refractivity contribution in [1.29, 1.82) is 0 Å². The Kier molecular flexibility index (Phi) is 6.84. The Labute approximate surface area is 204 Å². The Hall–Kier alpha value is -3.07. The topological polar surface area (TPSA) is 88.1 Å². The lowest BCUT2D eigenvalue weighted by molar-refractivity contribution is 0.0240. The van der Waals surface area contributed by atoms with Crippen LogP contribution in [-0.4, -0.2) is 63.2 Å². The highest BCUT2D eigenvalue weighted by Crippen LogP contribution is 2.33. The summed E-state index contributed by atoms with van der Waals surface area (Å²) in [5.74, 6) is 0.700. The first-order valence-corrected chi connectivity index (χ1v) is 11.7. The molecule has 2 aliphatic heterocycles. The highest BCUT2D eigenvalue weighted by molar-refractivity contribution is 6.28. The van der Waals surface area contributed by atoms with Crippen LogP contribution in [0.2, 0.25) is 5.28 Å². The second-order valence-corrected chi connectivity index (χ2v) is 9.94. The van der Waals surface area contributed by atoms with E-state index in [-0.39, 0.29) is 24.0 Å². The molecule has 0 spiro atoms. The number of halogens is 1. The number of ether oxygens (including phenoxy) is 2. The maximum absolute atomic E-state index is 12.6. The Morgan fingerprint density at radius 1 is 1.06 bits per heavy atom. The van der Waals surface area contributed by atoms with Gasteiger partial charge in [-0.05, 0) is 44.9 Å². The van der Waals surface area contributed by atoms with Crippen LogP contribution in [0.5, 0.6) is 0 Å². The number of hydrogen-bond donors (Lipinski definition) is 0. The van der Waals surface area contributed by atoms with Gasteiger partial charge in [-0.2, -0.15) is 0 Å². The van der Waals surface area contributed by atoms with E-state index < -0.39 is 11.7 Å². The number of anilines is 1. The van der Waals surface area contributed by atoms with Crippen LogP contribution in [0.4, 0.5) is 15.4 Å². The molecule has 0 bridgehead atoms. The van der Waals surface area contributed by atoms with Crippen molar-refractivity contribution in [1.82, 2.24) is 19.8 Å². The van der Waals surface area contributed by atoms with E-state index in [1.54, 1.807) is 9.80 Å². The van der Waals surface area contributed by atoms with Crippen LogP contribution in [-0.2, 0) is 29.2 Å². The molecule has 2 aliphatic rings. The third-order valence-electron chi connectivity index (χ3n) is 5.75. The van der Waals surface area contributed by atoms with Crippen molar-refractivity contribution in [3.05, 3.63) is 52.4 Å². The first-order valence-electron chi connectivity index (χ1n) is 11.4. The monoisotopic (exact) mass is 487 g/mol. The fourth-order valence-electron chi connectivity index (χ4n) is 4.15. The van der Waals surface area contributed by atoms with Gasteiger partial charge in [-0.15, -0.1) is 0 Å². The minimum Gasteiger partial charge on any atom is -0.445 e. The SMILES string of the molecule is C[C@H]1CN(C(=O)OCc2ccccc2)CCN1c1nc(Cl)nc2c1CN(C(=O)OC(C)(C)C)C2. The number of amides is 2. The van der Waals surface area contributed by atoms with Gasteiger partial charge in [0.2, 0.25) is 5.28 Å². The predicted octanol–water partition coefficient (Wildman–Crippen LogP) is 4.23. The van der Waals surface area contributed by atoms with Gasteiger partial charge in [0, 0.05) is 31.2 Å². The van der Waals surface area contributed by atoms with E-state index >= 15 is 0 Å². The molecule has 0 radical (unpaired) electrons. The van der Waals surface area contributed by atoms with Crippen LogP contribution < -0.4 is 4.90 Å². The number of fused-ring (bicyclic) bond motifs is 1. The summed E-state index contributed by atoms with van der Waals surface area (Å²) in [6, 6.07) is 9.58. The molecule has 9 nitrogen and oxygen atoms in total. The molecule has 0 saturated carbocycles. The van der Waals surface area contributed by atoms with E-state index in [0.717, 1.165) is 16.8 Å². The minimum absolute atomic E-state index is 0.0244. The molecule has 4 rings (SSSR count). The summed E-state index contributed by atoms with van der Waals surface area (Å²) >= 11 is 6.24. The molecule has 1 fully saturated rings. The van der Waals surface area contributed by atoms with Crippen molar-refractivity contribution >= 4 is 29.6 Å². The molecule has 10 heteroatoms. The molecule has 1 atom stereocenters. The normalized spacial score (nSPS) is 18.0. The fraction of sp³-hybridized carbons (Fsp3) is 0.500. The number of carbonyl (C=O) groups is 2. The van der Waals surface area contributed by atoms with Gasteiger partial charge in [0.25, 0.3) is 0 Å². The fourth-order valence-corrected chi connectivity index (χ4v) is 4.33. The van der Waals surface area contributed by atoms with Crippen molar-refractivity contribution in [3.8, 4) is 0 Å². The lowest BCUT2D eigenvalue weighted by Crippen LogP contribution is -2.54. The van der Waals surface area contributed by atoms with Gasteiger partial charge in [0.15, 0.2) is 0 Å². The van der Waals surface area contributed by atoms with Crippen LogP contribution in [0.3, 0.4) is 0 Å². The summed E-state index contributed by atoms with van der Waals surface area (Å²) in [5.41, 5.74) is 1.95. The number of carbonyl (C=O) groups excluding carboxylic acids is 2. The summed E-state index contributed by atoms with van der Waals surface area (Å²) in [7, 11) is 0. The third kappa shape index (κ3) is 5.52. The Morgan fingerprint density at radius 2 is 1.79 bits per heavy atom. The third-order valence-corrected chi connectivity index (χ3v) is 5.92. The summed E-state index contributed by atoms with van der Waals surface area (Å²) < 4.78 is 11.0. The van der Waals surface area contributed by atoms with E-state index in [2.05, 4.69) is 14.9 Å². The van der Waals surface area contributed by atoms with Gasteiger partial charge >= 0.3 is 12.2 Å². The van der Waals surface area contributed by atoms with E-state index in [1.807, 2.05) is 58.0 Å². The zero-order valence-corrected chi connectivity index (χ0v) is 20.7. The van der Waals surface area contributed by atoms with Gasteiger partial charge in [-0.1, -0.05) is 30.3 Å². The number of aromatic nitrogens is 2. The quantitative estimate of drug-likeness (QED) is 0.598. The van der Waals surface area contributed by atoms with Gasteiger partial charge in [0.05, 0.1) is 18.8 Å². The van der Waals surface area contributed by atoms with Gasteiger partial charge < -0.3 is 19.3 Å². The average Bonchev–Trinajstić information content (AvgIpc) is 3.21. The standard InChI is InChI=1S/C24H30ClN5O4/c1-16-12-28(22(31)33-15-17-8-6-5-7-9-17)10-11-30(16)20-18-13-29(23(32)34-24(2,3)4)14-19(18)26-21(25)27-20/h5-9,16H,10-15H2,1-4H3/t16-/m0/s1. The molecule has 1 aromatic heterocycles. The molecule has 0 unspecified atom stereocenters. The molecule has 0 N–H and O–H groups in total. The number of benzene rings is 1. The Bertz CT molecular complexity index is 1060. The second-order valence-electron chi connectivity index (χ2n) is 9.61. The molecule has 1 aromatic carbocycles. The summed E-state index contributed by atoms with van der Waals surface area (Å²) in [6.07, 6.45) is -0.732. The van der Waals surface area contributed by atoms with Crippen LogP contribution in [0.25, 0.3) is 0 Å². The van der Waals surface area contributed by atoms with E-state index in [1.165, 1.54) is 0 Å². The Morgan fingerprint density at radius 3 is 2.47 bits per heavy atom. The molecule has 2 amide bonds. The van der Waals surface area contributed by atoms with Crippen LogP contribution in [0, 0.1) is 0 Å². The molecular formula is C24H30ClN5O4.